The zero-order valence-corrected chi connectivity index (χ0v) is 17.9. The molecule has 1 heterocycles. The largest absolute Gasteiger partial charge is 0.462 e. The summed E-state index contributed by atoms with van der Waals surface area (Å²) < 4.78 is 10.1. The fourth-order valence-electron chi connectivity index (χ4n) is 3.36. The molecule has 3 aromatic carbocycles. The third kappa shape index (κ3) is 4.34. The van der Waals surface area contributed by atoms with Gasteiger partial charge in [-0.3, -0.25) is 0 Å². The number of para-hydroxylation sites is 2. The fourth-order valence-corrected chi connectivity index (χ4v) is 3.36. The van der Waals surface area contributed by atoms with Crippen LogP contribution in [0.1, 0.15) is 34.6 Å². The van der Waals surface area contributed by atoms with Crippen LogP contribution in [-0.4, -0.2) is 35.1 Å². The summed E-state index contributed by atoms with van der Waals surface area (Å²) in [7, 11) is 0. The molecule has 0 aliphatic rings. The highest BCUT2D eigenvalue weighted by molar-refractivity contribution is 5.92. The second-order valence-corrected chi connectivity index (χ2v) is 7.01. The minimum atomic E-state index is -0.363. The van der Waals surface area contributed by atoms with Gasteiger partial charge in [-0.25, -0.2) is 19.6 Å². The van der Waals surface area contributed by atoms with E-state index in [4.69, 9.17) is 19.4 Å². The molecule has 0 N–H and O–H groups in total. The molecule has 4 aromatic rings. The number of carbonyl (C=O) groups is 2. The lowest BCUT2D eigenvalue weighted by Crippen LogP contribution is -2.04. The molecule has 0 saturated carbocycles. The van der Waals surface area contributed by atoms with Gasteiger partial charge in [0.1, 0.15) is 0 Å². The van der Waals surface area contributed by atoms with Crippen molar-refractivity contribution in [3.63, 3.8) is 0 Å². The van der Waals surface area contributed by atoms with E-state index in [1.807, 2.05) is 48.5 Å². The van der Waals surface area contributed by atoms with Gasteiger partial charge in [-0.2, -0.15) is 0 Å². The van der Waals surface area contributed by atoms with E-state index in [1.54, 1.807) is 38.1 Å². The monoisotopic (exact) mass is 426 g/mol. The van der Waals surface area contributed by atoms with E-state index in [0.29, 0.717) is 35.7 Å². The summed E-state index contributed by atoms with van der Waals surface area (Å²) >= 11 is 0. The topological polar surface area (TPSA) is 78.4 Å². The maximum Gasteiger partial charge on any atom is 0.338 e. The molecular weight excluding hydrogens is 404 g/mol. The molecule has 6 nitrogen and oxygen atoms in total. The average Bonchev–Trinajstić information content (AvgIpc) is 2.84. The predicted molar refractivity (Wildman–Crippen MR) is 122 cm³/mol. The maximum absolute atomic E-state index is 12.0. The first-order chi connectivity index (χ1) is 15.6. The van der Waals surface area contributed by atoms with Gasteiger partial charge in [-0.1, -0.05) is 36.4 Å². The van der Waals surface area contributed by atoms with E-state index in [2.05, 4.69) is 0 Å². The highest BCUT2D eigenvalue weighted by Crippen LogP contribution is 2.31. The van der Waals surface area contributed by atoms with Crippen LogP contribution >= 0.6 is 0 Å². The number of ether oxygens (including phenoxy) is 2. The number of aromatic nitrogens is 2. The van der Waals surface area contributed by atoms with Gasteiger partial charge in [0.25, 0.3) is 0 Å². The van der Waals surface area contributed by atoms with Gasteiger partial charge in [0.15, 0.2) is 0 Å². The summed E-state index contributed by atoms with van der Waals surface area (Å²) in [5, 5.41) is 0. The van der Waals surface area contributed by atoms with Crippen LogP contribution in [0.5, 0.6) is 0 Å². The fraction of sp³-hybridized carbons (Fsp3) is 0.154. The minimum Gasteiger partial charge on any atom is -0.462 e. The van der Waals surface area contributed by atoms with Gasteiger partial charge in [0.2, 0.25) is 0 Å². The van der Waals surface area contributed by atoms with E-state index in [0.717, 1.165) is 22.2 Å². The molecular formula is C26H22N2O4. The summed E-state index contributed by atoms with van der Waals surface area (Å²) in [4.78, 5) is 33.7. The van der Waals surface area contributed by atoms with Crippen LogP contribution in [0.25, 0.3) is 33.5 Å². The first-order valence-electron chi connectivity index (χ1n) is 10.4. The quantitative estimate of drug-likeness (QED) is 0.389. The molecule has 1 aromatic heterocycles. The van der Waals surface area contributed by atoms with Gasteiger partial charge in [0.05, 0.1) is 46.8 Å². The lowest BCUT2D eigenvalue weighted by atomic mass is 10.0. The van der Waals surface area contributed by atoms with Crippen LogP contribution in [-0.2, 0) is 9.47 Å². The highest BCUT2D eigenvalue weighted by atomic mass is 16.5. The Balaban J connectivity index is 1.79. The number of rotatable bonds is 6. The Bertz CT molecular complexity index is 1170. The molecule has 0 atom stereocenters. The molecule has 0 amide bonds. The Morgan fingerprint density at radius 1 is 0.625 bits per heavy atom. The zero-order chi connectivity index (χ0) is 22.5. The number of benzene rings is 3. The van der Waals surface area contributed by atoms with E-state index in [9.17, 15) is 9.59 Å². The zero-order valence-electron chi connectivity index (χ0n) is 17.9. The lowest BCUT2D eigenvalue weighted by molar-refractivity contribution is 0.0517. The number of fused-ring (bicyclic) bond motifs is 1. The molecule has 0 aliphatic heterocycles. The number of hydrogen-bond acceptors (Lipinski definition) is 6. The van der Waals surface area contributed by atoms with Gasteiger partial charge < -0.3 is 9.47 Å². The lowest BCUT2D eigenvalue weighted by Gasteiger charge is -2.11. The van der Waals surface area contributed by atoms with Crippen molar-refractivity contribution in [3.05, 3.63) is 83.9 Å². The van der Waals surface area contributed by atoms with Crippen LogP contribution in [0, 0.1) is 0 Å². The maximum atomic E-state index is 12.0. The Labute approximate surface area is 185 Å². The first kappa shape index (κ1) is 21.2. The molecule has 0 radical (unpaired) electrons. The Morgan fingerprint density at radius 2 is 1.00 bits per heavy atom. The van der Waals surface area contributed by atoms with Gasteiger partial charge >= 0.3 is 11.9 Å². The van der Waals surface area contributed by atoms with Gasteiger partial charge in [-0.15, -0.1) is 0 Å². The number of nitrogens with zero attached hydrogens (tertiary/aromatic N) is 2. The van der Waals surface area contributed by atoms with Crippen LogP contribution in [0.2, 0.25) is 0 Å². The second-order valence-electron chi connectivity index (χ2n) is 7.01. The van der Waals surface area contributed by atoms with E-state index in [-0.39, 0.29) is 11.9 Å². The summed E-state index contributed by atoms with van der Waals surface area (Å²) in [5.74, 6) is -0.725. The number of carbonyl (C=O) groups excluding carboxylic acids is 2. The summed E-state index contributed by atoms with van der Waals surface area (Å²) in [6, 6.07) is 21.9. The van der Waals surface area contributed by atoms with E-state index in [1.165, 1.54) is 0 Å². The molecule has 0 aliphatic carbocycles. The van der Waals surface area contributed by atoms with Crippen LogP contribution in [0.15, 0.2) is 72.8 Å². The highest BCUT2D eigenvalue weighted by Gasteiger charge is 2.15. The second kappa shape index (κ2) is 9.39. The summed E-state index contributed by atoms with van der Waals surface area (Å²) in [6.45, 7) is 4.19. The number of esters is 2. The smallest absolute Gasteiger partial charge is 0.338 e. The Kier molecular flexibility index (Phi) is 6.22. The van der Waals surface area contributed by atoms with Crippen LogP contribution < -0.4 is 0 Å². The molecule has 0 fully saturated rings. The first-order valence-corrected chi connectivity index (χ1v) is 10.4. The molecule has 4 rings (SSSR count). The van der Waals surface area contributed by atoms with Gasteiger partial charge in [-0.05, 0) is 50.2 Å². The Hall–Kier alpha value is -4.06. The van der Waals surface area contributed by atoms with Crippen molar-refractivity contribution in [2.45, 2.75) is 13.8 Å². The van der Waals surface area contributed by atoms with Crippen molar-refractivity contribution in [2.24, 2.45) is 0 Å². The van der Waals surface area contributed by atoms with Crippen LogP contribution in [0.3, 0.4) is 0 Å². The molecule has 0 unspecified atom stereocenters. The van der Waals surface area contributed by atoms with Crippen molar-refractivity contribution in [3.8, 4) is 22.5 Å². The number of hydrogen-bond donors (Lipinski definition) is 0. The minimum absolute atomic E-state index is 0.322. The molecule has 6 heteroatoms. The van der Waals surface area contributed by atoms with Crippen molar-refractivity contribution in [1.82, 2.24) is 9.97 Å². The van der Waals surface area contributed by atoms with Crippen molar-refractivity contribution >= 4 is 23.0 Å². The van der Waals surface area contributed by atoms with Gasteiger partial charge in [0, 0.05) is 11.1 Å². The molecule has 32 heavy (non-hydrogen) atoms. The summed E-state index contributed by atoms with van der Waals surface area (Å²) in [5.41, 5.74) is 5.50. The molecule has 160 valence electrons. The molecule has 0 saturated heterocycles. The SMILES string of the molecule is CCOC(=O)c1ccc(-c2nc3ccccc3nc2-c2ccc(C(=O)OCC)cc2)cc1. The van der Waals surface area contributed by atoms with Crippen molar-refractivity contribution in [1.29, 1.82) is 0 Å². The summed E-state index contributed by atoms with van der Waals surface area (Å²) in [6.07, 6.45) is 0. The standard InChI is InChI=1S/C26H22N2O4/c1-3-31-25(29)19-13-9-17(10-14-19)23-24(28-22-8-6-5-7-21(22)27-23)18-11-15-20(16-12-18)26(30)32-4-2/h5-16H,3-4H2,1-2H3. The third-order valence-corrected chi connectivity index (χ3v) is 4.91. The van der Waals surface area contributed by atoms with Crippen molar-refractivity contribution < 1.29 is 19.1 Å². The Morgan fingerprint density at radius 3 is 1.34 bits per heavy atom. The van der Waals surface area contributed by atoms with E-state index >= 15 is 0 Å². The average molecular weight is 426 g/mol. The molecule has 0 bridgehead atoms. The van der Waals surface area contributed by atoms with Crippen LogP contribution in [0.4, 0.5) is 0 Å². The van der Waals surface area contributed by atoms with Crippen molar-refractivity contribution in [2.75, 3.05) is 13.2 Å². The molecule has 0 spiro atoms. The van der Waals surface area contributed by atoms with E-state index < -0.39 is 0 Å². The normalized spacial score (nSPS) is 10.7. The predicted octanol–water partition coefficient (Wildman–Crippen LogP) is 5.32. The third-order valence-electron chi connectivity index (χ3n) is 4.91.